The lowest BCUT2D eigenvalue weighted by atomic mass is 10.2. The van der Waals surface area contributed by atoms with E-state index in [1.165, 1.54) is 4.90 Å². The molecule has 0 atom stereocenters. The largest absolute Gasteiger partial charge is 0.468 e. The summed E-state index contributed by atoms with van der Waals surface area (Å²) < 4.78 is 20.7. The highest BCUT2D eigenvalue weighted by Crippen LogP contribution is 2.19. The Morgan fingerprint density at radius 2 is 2.25 bits per heavy atom. The molecule has 0 unspecified atom stereocenters. The topological polar surface area (TPSA) is 73.1 Å². The molecule has 2 aromatic rings. The fourth-order valence-electron chi connectivity index (χ4n) is 1.92. The Labute approximate surface area is 114 Å². The van der Waals surface area contributed by atoms with Crippen molar-refractivity contribution >= 4 is 6.41 Å². The molecule has 1 saturated heterocycles. The molecule has 0 aliphatic carbocycles. The average molecular weight is 277 g/mol. The Morgan fingerprint density at radius 3 is 2.90 bits per heavy atom. The highest BCUT2D eigenvalue weighted by molar-refractivity contribution is 5.49. The normalized spacial score (nSPS) is 15.0. The number of aromatic nitrogens is 4. The van der Waals surface area contributed by atoms with E-state index in [9.17, 15) is 9.18 Å². The molecule has 20 heavy (non-hydrogen) atoms. The Balaban J connectivity index is 1.81. The maximum atomic E-state index is 13.7. The number of imidazole rings is 1. The number of rotatable bonds is 4. The van der Waals surface area contributed by atoms with Gasteiger partial charge in [-0.2, -0.15) is 9.37 Å². The van der Waals surface area contributed by atoms with E-state index < -0.39 is 5.82 Å². The summed E-state index contributed by atoms with van der Waals surface area (Å²) in [5, 5.41) is 0. The second kappa shape index (κ2) is 4.87. The molecule has 1 aliphatic rings. The number of hydrogen-bond donors (Lipinski definition) is 0. The lowest BCUT2D eigenvalue weighted by Gasteiger charge is -2.35. The van der Waals surface area contributed by atoms with Crippen LogP contribution >= 0.6 is 0 Å². The lowest BCUT2D eigenvalue weighted by molar-refractivity contribution is -0.126. The van der Waals surface area contributed by atoms with Gasteiger partial charge in [-0.3, -0.25) is 9.36 Å². The first kappa shape index (κ1) is 12.5. The van der Waals surface area contributed by atoms with E-state index >= 15 is 0 Å². The van der Waals surface area contributed by atoms with E-state index in [0.29, 0.717) is 24.9 Å². The van der Waals surface area contributed by atoms with Gasteiger partial charge in [-0.05, 0) is 6.92 Å². The molecule has 0 saturated carbocycles. The van der Waals surface area contributed by atoms with Crippen molar-refractivity contribution in [1.82, 2.24) is 24.4 Å². The van der Waals surface area contributed by atoms with Crippen molar-refractivity contribution < 1.29 is 13.9 Å². The average Bonchev–Trinajstić information content (AvgIpc) is 2.81. The van der Waals surface area contributed by atoms with Crippen LogP contribution < -0.4 is 4.74 Å². The number of hydrogen-bond acceptors (Lipinski definition) is 5. The molecule has 8 heteroatoms. The number of likely N-dealkylation sites (tertiary alicyclic amines) is 1. The third kappa shape index (κ3) is 2.20. The van der Waals surface area contributed by atoms with Gasteiger partial charge >= 0.3 is 0 Å². The van der Waals surface area contributed by atoms with Gasteiger partial charge in [0.15, 0.2) is 0 Å². The number of nitrogens with zero attached hydrogens (tertiary/aromatic N) is 5. The lowest BCUT2D eigenvalue weighted by Crippen LogP contribution is -2.53. The summed E-state index contributed by atoms with van der Waals surface area (Å²) in [7, 11) is 0. The molecule has 104 valence electrons. The van der Waals surface area contributed by atoms with Crippen molar-refractivity contribution in [3.63, 3.8) is 0 Å². The third-order valence-corrected chi connectivity index (χ3v) is 3.04. The zero-order chi connectivity index (χ0) is 14.1. The van der Waals surface area contributed by atoms with Crippen LogP contribution in [0, 0.1) is 12.7 Å². The fraction of sp³-hybridized carbons (Fsp3) is 0.333. The molecule has 3 heterocycles. The van der Waals surface area contributed by atoms with Crippen molar-refractivity contribution in [2.45, 2.75) is 13.0 Å². The third-order valence-electron chi connectivity index (χ3n) is 3.04. The monoisotopic (exact) mass is 277 g/mol. The molecular formula is C12H12FN5O2. The van der Waals surface area contributed by atoms with Crippen molar-refractivity contribution in [1.29, 1.82) is 0 Å². The fourth-order valence-corrected chi connectivity index (χ4v) is 1.92. The Morgan fingerprint density at radius 1 is 1.45 bits per heavy atom. The minimum absolute atomic E-state index is 0.112. The standard InChI is InChI=1S/C12H12FN5O2/c1-8-14-2-3-18(8)12-15-4-10(13)11(16-12)20-9-5-17(6-9)7-19/h2-4,7,9H,5-6H2,1H3. The first-order chi connectivity index (χ1) is 9.67. The van der Waals surface area contributed by atoms with Crippen molar-refractivity contribution in [2.24, 2.45) is 0 Å². The van der Waals surface area contributed by atoms with Crippen molar-refractivity contribution in [2.75, 3.05) is 13.1 Å². The van der Waals surface area contributed by atoms with Gasteiger partial charge in [0, 0.05) is 12.4 Å². The summed E-state index contributed by atoms with van der Waals surface area (Å²) in [4.78, 5) is 24.0. The molecule has 0 spiro atoms. The molecule has 0 N–H and O–H groups in total. The molecule has 0 bridgehead atoms. The predicted molar refractivity (Wildman–Crippen MR) is 65.9 cm³/mol. The summed E-state index contributed by atoms with van der Waals surface area (Å²) in [6, 6.07) is 0. The van der Waals surface area contributed by atoms with E-state index in [2.05, 4.69) is 15.0 Å². The van der Waals surface area contributed by atoms with E-state index in [4.69, 9.17) is 4.74 Å². The van der Waals surface area contributed by atoms with Crippen LogP contribution in [0.3, 0.4) is 0 Å². The van der Waals surface area contributed by atoms with E-state index in [0.717, 1.165) is 12.6 Å². The van der Waals surface area contributed by atoms with E-state index in [1.807, 2.05) is 0 Å². The molecular weight excluding hydrogens is 265 g/mol. The van der Waals surface area contributed by atoms with Gasteiger partial charge in [-0.1, -0.05) is 0 Å². The van der Waals surface area contributed by atoms with Crippen LogP contribution in [0.1, 0.15) is 5.82 Å². The van der Waals surface area contributed by atoms with Gasteiger partial charge in [0.25, 0.3) is 5.88 Å². The first-order valence-corrected chi connectivity index (χ1v) is 6.06. The summed E-state index contributed by atoms with van der Waals surface area (Å²) in [5.41, 5.74) is 0. The highest BCUT2D eigenvalue weighted by Gasteiger charge is 2.28. The minimum Gasteiger partial charge on any atom is -0.468 e. The smallest absolute Gasteiger partial charge is 0.255 e. The Kier molecular flexibility index (Phi) is 3.05. The van der Waals surface area contributed by atoms with Crippen LogP contribution in [0.25, 0.3) is 5.95 Å². The van der Waals surface area contributed by atoms with Crippen molar-refractivity contribution in [3.05, 3.63) is 30.2 Å². The molecule has 2 aromatic heterocycles. The Bertz CT molecular complexity index is 639. The molecule has 0 aromatic carbocycles. The number of halogens is 1. The number of carbonyl (C=O) groups is 1. The summed E-state index contributed by atoms with van der Waals surface area (Å²) in [5.74, 6) is 0.246. The number of ether oxygens (including phenoxy) is 1. The predicted octanol–water partition coefficient (Wildman–Crippen LogP) is 0.329. The van der Waals surface area contributed by atoms with Crippen LogP contribution in [0.4, 0.5) is 4.39 Å². The SMILES string of the molecule is Cc1nccn1-c1ncc(F)c(OC2CN(C=O)C2)n1. The number of amides is 1. The van der Waals surface area contributed by atoms with Gasteiger partial charge in [-0.25, -0.2) is 9.97 Å². The van der Waals surface area contributed by atoms with Crippen LogP contribution in [-0.4, -0.2) is 50.0 Å². The van der Waals surface area contributed by atoms with Crippen LogP contribution in [0.5, 0.6) is 5.88 Å². The molecule has 3 rings (SSSR count). The van der Waals surface area contributed by atoms with Crippen LogP contribution in [0.2, 0.25) is 0 Å². The van der Waals surface area contributed by atoms with Gasteiger partial charge in [-0.15, -0.1) is 0 Å². The maximum absolute atomic E-state index is 13.7. The maximum Gasteiger partial charge on any atom is 0.255 e. The van der Waals surface area contributed by atoms with Gasteiger partial charge in [0.1, 0.15) is 11.9 Å². The van der Waals surface area contributed by atoms with Gasteiger partial charge in [0.05, 0.1) is 19.3 Å². The molecule has 1 amide bonds. The first-order valence-electron chi connectivity index (χ1n) is 6.06. The highest BCUT2D eigenvalue weighted by atomic mass is 19.1. The molecule has 1 fully saturated rings. The van der Waals surface area contributed by atoms with Gasteiger partial charge in [0.2, 0.25) is 18.2 Å². The second-order valence-corrected chi connectivity index (χ2v) is 4.47. The van der Waals surface area contributed by atoms with Gasteiger partial charge < -0.3 is 9.64 Å². The van der Waals surface area contributed by atoms with E-state index in [1.54, 1.807) is 23.9 Å². The zero-order valence-electron chi connectivity index (χ0n) is 10.7. The quantitative estimate of drug-likeness (QED) is 0.753. The van der Waals surface area contributed by atoms with Crippen molar-refractivity contribution in [3.8, 4) is 11.8 Å². The number of carbonyl (C=O) groups excluding carboxylic acids is 1. The molecule has 7 nitrogen and oxygen atoms in total. The Hall–Kier alpha value is -2.51. The minimum atomic E-state index is -0.629. The zero-order valence-corrected chi connectivity index (χ0v) is 10.7. The molecule has 0 radical (unpaired) electrons. The molecule has 1 aliphatic heterocycles. The summed E-state index contributed by atoms with van der Waals surface area (Å²) in [6.45, 7) is 2.67. The summed E-state index contributed by atoms with van der Waals surface area (Å²) in [6.07, 6.45) is 4.85. The van der Waals surface area contributed by atoms with E-state index in [-0.39, 0.29) is 12.0 Å². The van der Waals surface area contributed by atoms with Crippen LogP contribution in [-0.2, 0) is 4.79 Å². The summed E-state index contributed by atoms with van der Waals surface area (Å²) >= 11 is 0. The number of aryl methyl sites for hydroxylation is 1. The van der Waals surface area contributed by atoms with Crippen LogP contribution in [0.15, 0.2) is 18.6 Å². The second-order valence-electron chi connectivity index (χ2n) is 4.47.